The number of carbonyl (C=O) groups is 1. The Balaban J connectivity index is 1.61. The highest BCUT2D eigenvalue weighted by Crippen LogP contribution is 2.28. The fraction of sp³-hybridized carbons (Fsp3) is 0.174. The van der Waals surface area contributed by atoms with E-state index in [-0.39, 0.29) is 0 Å². The van der Waals surface area contributed by atoms with Crippen molar-refractivity contribution in [3.63, 3.8) is 0 Å². The highest BCUT2D eigenvalue weighted by atomic mass is 16.1. The van der Waals surface area contributed by atoms with Gasteiger partial charge in [0.2, 0.25) is 6.41 Å². The van der Waals surface area contributed by atoms with Crippen molar-refractivity contribution in [2.24, 2.45) is 7.05 Å². The van der Waals surface area contributed by atoms with E-state index in [1.54, 1.807) is 34.4 Å². The Hall–Kier alpha value is -4.07. The fourth-order valence-electron chi connectivity index (χ4n) is 3.25. The molecule has 0 unspecified atom stereocenters. The zero-order chi connectivity index (χ0) is 21.5. The van der Waals surface area contributed by atoms with Gasteiger partial charge in [-0.05, 0) is 35.9 Å². The summed E-state index contributed by atoms with van der Waals surface area (Å²) in [5.41, 5.74) is 4.32. The van der Waals surface area contributed by atoms with E-state index < -0.39 is 0 Å². The maximum atomic E-state index is 11.9. The lowest BCUT2D eigenvalue weighted by molar-refractivity contribution is -0.107. The van der Waals surface area contributed by atoms with Gasteiger partial charge in [-0.3, -0.25) is 19.4 Å². The van der Waals surface area contributed by atoms with E-state index in [9.17, 15) is 4.79 Å². The molecule has 8 nitrogen and oxygen atoms in total. The number of aromatic nitrogens is 5. The van der Waals surface area contributed by atoms with Gasteiger partial charge in [0.15, 0.2) is 5.82 Å². The number of pyridine rings is 3. The number of nitrogens with zero attached hydrogens (tertiary/aromatic N) is 6. The highest BCUT2D eigenvalue weighted by Gasteiger charge is 2.15. The van der Waals surface area contributed by atoms with E-state index >= 15 is 0 Å². The third-order valence-corrected chi connectivity index (χ3v) is 4.79. The molecule has 4 heterocycles. The van der Waals surface area contributed by atoms with E-state index in [2.05, 4.69) is 20.4 Å². The van der Waals surface area contributed by atoms with E-state index in [0.29, 0.717) is 24.6 Å². The zero-order valence-electron chi connectivity index (χ0n) is 17.2. The average molecular weight is 413 g/mol. The van der Waals surface area contributed by atoms with Crippen LogP contribution in [-0.2, 0) is 24.8 Å². The van der Waals surface area contributed by atoms with Gasteiger partial charge in [-0.1, -0.05) is 12.1 Å². The van der Waals surface area contributed by atoms with Gasteiger partial charge in [0.05, 0.1) is 24.1 Å². The molecule has 0 saturated carbocycles. The zero-order valence-corrected chi connectivity index (χ0v) is 17.2. The van der Waals surface area contributed by atoms with Crippen LogP contribution in [0.3, 0.4) is 0 Å². The van der Waals surface area contributed by atoms with Crippen molar-refractivity contribution in [3.05, 3.63) is 84.7 Å². The maximum absolute atomic E-state index is 11.9. The summed E-state index contributed by atoms with van der Waals surface area (Å²) < 4.78 is 1.74. The Morgan fingerprint density at radius 1 is 1.10 bits per heavy atom. The lowest BCUT2D eigenvalue weighted by Gasteiger charge is -2.21. The molecular formula is C23H23N7O. The van der Waals surface area contributed by atoms with Crippen LogP contribution in [0.25, 0.3) is 11.3 Å². The van der Waals surface area contributed by atoms with Gasteiger partial charge in [-0.2, -0.15) is 5.10 Å². The number of carbonyl (C=O) groups excluding carboxylic acids is 1. The Bertz CT molecular complexity index is 1130. The summed E-state index contributed by atoms with van der Waals surface area (Å²) in [7, 11) is 1.87. The molecule has 4 aromatic heterocycles. The Morgan fingerprint density at radius 2 is 2.03 bits per heavy atom. The van der Waals surface area contributed by atoms with E-state index in [0.717, 1.165) is 35.3 Å². The number of nitrogens with one attached hydrogen (secondary N) is 1. The molecule has 0 fully saturated rings. The molecule has 4 aromatic rings. The topological polar surface area (TPSA) is 88.8 Å². The Morgan fingerprint density at radius 3 is 2.74 bits per heavy atom. The van der Waals surface area contributed by atoms with Crippen LogP contribution >= 0.6 is 0 Å². The average Bonchev–Trinajstić information content (AvgIpc) is 3.25. The van der Waals surface area contributed by atoms with Crippen molar-refractivity contribution in [3.8, 4) is 11.3 Å². The minimum absolute atomic E-state index is 0.403. The molecule has 4 rings (SSSR count). The molecule has 0 aliphatic rings. The molecule has 1 amide bonds. The summed E-state index contributed by atoms with van der Waals surface area (Å²) in [4.78, 5) is 26.9. The lowest BCUT2D eigenvalue weighted by Crippen LogP contribution is -2.23. The first-order valence-corrected chi connectivity index (χ1v) is 9.97. The van der Waals surface area contributed by atoms with Crippen LogP contribution in [0.2, 0.25) is 0 Å². The van der Waals surface area contributed by atoms with Gasteiger partial charge in [0.25, 0.3) is 0 Å². The predicted octanol–water partition coefficient (Wildman–Crippen LogP) is 3.09. The van der Waals surface area contributed by atoms with Crippen LogP contribution in [0.4, 0.5) is 11.5 Å². The SMILES string of the molecule is Cn1cc(-c2ccc(N(C=O)Cc3cccnc3)c(NCCc3ccccn3)n2)cn1. The molecule has 0 atom stereocenters. The molecule has 0 aliphatic carbocycles. The van der Waals surface area contributed by atoms with E-state index in [1.807, 2.05) is 55.7 Å². The summed E-state index contributed by atoms with van der Waals surface area (Å²) in [6.07, 6.45) is 10.5. The van der Waals surface area contributed by atoms with Crippen molar-refractivity contribution in [1.82, 2.24) is 24.7 Å². The van der Waals surface area contributed by atoms with Gasteiger partial charge >= 0.3 is 0 Å². The summed E-state index contributed by atoms with van der Waals surface area (Å²) in [6, 6.07) is 13.5. The molecule has 8 heteroatoms. The predicted molar refractivity (Wildman–Crippen MR) is 119 cm³/mol. The highest BCUT2D eigenvalue weighted by molar-refractivity contribution is 5.83. The van der Waals surface area contributed by atoms with Crippen molar-refractivity contribution >= 4 is 17.9 Å². The molecule has 0 bridgehead atoms. The molecule has 156 valence electrons. The smallest absolute Gasteiger partial charge is 0.214 e. The van der Waals surface area contributed by atoms with Crippen LogP contribution in [0.5, 0.6) is 0 Å². The molecule has 0 aromatic carbocycles. The summed E-state index contributed by atoms with van der Waals surface area (Å²) >= 11 is 0. The normalized spacial score (nSPS) is 10.6. The molecule has 0 aliphatic heterocycles. The van der Waals surface area contributed by atoms with Gasteiger partial charge in [-0.15, -0.1) is 0 Å². The number of aryl methyl sites for hydroxylation is 1. The minimum atomic E-state index is 0.403. The molecule has 0 saturated heterocycles. The number of rotatable bonds is 9. The molecule has 1 N–H and O–H groups in total. The lowest BCUT2D eigenvalue weighted by atomic mass is 10.2. The number of amides is 1. The standard InChI is InChI=1S/C23H23N7O/c1-29-16-19(14-27-29)21-7-8-22(30(17-31)15-18-5-4-10-24-13-18)23(28-21)26-12-9-20-6-2-3-11-25-20/h2-8,10-11,13-14,16-17H,9,12,15H2,1H3,(H,26,28). The largest absolute Gasteiger partial charge is 0.368 e. The second kappa shape index (κ2) is 9.62. The second-order valence-electron chi connectivity index (χ2n) is 7.06. The second-order valence-corrected chi connectivity index (χ2v) is 7.06. The Kier molecular flexibility index (Phi) is 6.27. The third kappa shape index (κ3) is 5.11. The van der Waals surface area contributed by atoms with Crippen molar-refractivity contribution in [2.75, 3.05) is 16.8 Å². The monoisotopic (exact) mass is 413 g/mol. The third-order valence-electron chi connectivity index (χ3n) is 4.79. The van der Waals surface area contributed by atoms with Gasteiger partial charge in [0, 0.05) is 56.1 Å². The van der Waals surface area contributed by atoms with Crippen LogP contribution in [-0.4, -0.2) is 37.7 Å². The quantitative estimate of drug-likeness (QED) is 0.424. The first-order chi connectivity index (χ1) is 15.2. The fourth-order valence-corrected chi connectivity index (χ4v) is 3.25. The first-order valence-electron chi connectivity index (χ1n) is 9.97. The van der Waals surface area contributed by atoms with Crippen LogP contribution < -0.4 is 10.2 Å². The van der Waals surface area contributed by atoms with Crippen molar-refractivity contribution < 1.29 is 4.79 Å². The Labute approximate surface area is 180 Å². The van der Waals surface area contributed by atoms with Crippen LogP contribution in [0, 0.1) is 0 Å². The van der Waals surface area contributed by atoms with Crippen LogP contribution in [0.1, 0.15) is 11.3 Å². The van der Waals surface area contributed by atoms with Gasteiger partial charge < -0.3 is 10.2 Å². The first kappa shape index (κ1) is 20.2. The maximum Gasteiger partial charge on any atom is 0.214 e. The number of hydrogen-bond acceptors (Lipinski definition) is 6. The molecule has 0 radical (unpaired) electrons. The number of anilines is 2. The molecule has 31 heavy (non-hydrogen) atoms. The van der Waals surface area contributed by atoms with Gasteiger partial charge in [0.1, 0.15) is 0 Å². The number of hydrogen-bond donors (Lipinski definition) is 1. The minimum Gasteiger partial charge on any atom is -0.368 e. The van der Waals surface area contributed by atoms with Crippen LogP contribution in [0.15, 0.2) is 73.4 Å². The molecule has 0 spiro atoms. The summed E-state index contributed by atoms with van der Waals surface area (Å²) in [5.74, 6) is 0.633. The van der Waals surface area contributed by atoms with Crippen molar-refractivity contribution in [2.45, 2.75) is 13.0 Å². The van der Waals surface area contributed by atoms with E-state index in [1.165, 1.54) is 0 Å². The summed E-state index contributed by atoms with van der Waals surface area (Å²) in [6.45, 7) is 1.03. The van der Waals surface area contributed by atoms with Crippen molar-refractivity contribution in [1.29, 1.82) is 0 Å². The molecular weight excluding hydrogens is 390 g/mol. The van der Waals surface area contributed by atoms with E-state index in [4.69, 9.17) is 4.98 Å². The summed E-state index contributed by atoms with van der Waals surface area (Å²) in [5, 5.41) is 7.61. The van der Waals surface area contributed by atoms with Gasteiger partial charge in [-0.25, -0.2) is 4.98 Å².